The molecular weight excluding hydrogens is 188 g/mol. The predicted molar refractivity (Wildman–Crippen MR) is 62.6 cm³/mol. The van der Waals surface area contributed by atoms with Crippen LogP contribution in [0, 0.1) is 17.3 Å². The Morgan fingerprint density at radius 1 is 1.40 bits per heavy atom. The predicted octanol–water partition coefficient (Wildman–Crippen LogP) is 2.58. The summed E-state index contributed by atoms with van der Waals surface area (Å²) >= 11 is 0. The van der Waals surface area contributed by atoms with Gasteiger partial charge in [0.25, 0.3) is 0 Å². The molecule has 2 heteroatoms. The van der Waals surface area contributed by atoms with Crippen molar-refractivity contribution in [2.75, 3.05) is 0 Å². The Bertz CT molecular complexity index is 199. The molecule has 0 saturated heterocycles. The quantitative estimate of drug-likeness (QED) is 0.758. The van der Waals surface area contributed by atoms with E-state index < -0.39 is 0 Å². The highest BCUT2D eigenvalue weighted by Gasteiger charge is 2.39. The molecule has 2 N–H and O–H groups in total. The maximum absolute atomic E-state index is 9.76. The van der Waals surface area contributed by atoms with E-state index in [0.29, 0.717) is 11.8 Å². The van der Waals surface area contributed by atoms with Gasteiger partial charge in [-0.1, -0.05) is 20.8 Å². The minimum atomic E-state index is -0.195. The topological polar surface area (TPSA) is 40.5 Å². The van der Waals surface area contributed by atoms with Gasteiger partial charge in [0.2, 0.25) is 0 Å². The summed E-state index contributed by atoms with van der Waals surface area (Å²) in [5.74, 6) is 1.21. The SMILES string of the molecule is CC(O)CC[C@@H]1[C@H](C)CC(O)CC1(C)C. The molecule has 1 saturated carbocycles. The fourth-order valence-corrected chi connectivity index (χ4v) is 3.30. The largest absolute Gasteiger partial charge is 0.393 e. The van der Waals surface area contributed by atoms with E-state index >= 15 is 0 Å². The van der Waals surface area contributed by atoms with Crippen molar-refractivity contribution in [2.45, 2.75) is 65.6 Å². The van der Waals surface area contributed by atoms with Crippen molar-refractivity contribution < 1.29 is 10.2 Å². The Balaban J connectivity index is 2.59. The number of hydrogen-bond acceptors (Lipinski definition) is 2. The van der Waals surface area contributed by atoms with E-state index in [1.165, 1.54) is 0 Å². The van der Waals surface area contributed by atoms with E-state index in [0.717, 1.165) is 25.7 Å². The zero-order valence-corrected chi connectivity index (χ0v) is 10.5. The van der Waals surface area contributed by atoms with Gasteiger partial charge in [-0.05, 0) is 49.9 Å². The van der Waals surface area contributed by atoms with Crippen molar-refractivity contribution in [3.63, 3.8) is 0 Å². The van der Waals surface area contributed by atoms with Crippen LogP contribution in [0.25, 0.3) is 0 Å². The van der Waals surface area contributed by atoms with Gasteiger partial charge < -0.3 is 10.2 Å². The van der Waals surface area contributed by atoms with Gasteiger partial charge in [0, 0.05) is 0 Å². The van der Waals surface area contributed by atoms with Gasteiger partial charge in [0.1, 0.15) is 0 Å². The lowest BCUT2D eigenvalue weighted by atomic mass is 9.61. The molecule has 15 heavy (non-hydrogen) atoms. The molecule has 90 valence electrons. The van der Waals surface area contributed by atoms with E-state index in [9.17, 15) is 10.2 Å². The van der Waals surface area contributed by atoms with Gasteiger partial charge in [-0.15, -0.1) is 0 Å². The van der Waals surface area contributed by atoms with E-state index in [4.69, 9.17) is 0 Å². The Kier molecular flexibility index (Phi) is 4.19. The maximum atomic E-state index is 9.76. The summed E-state index contributed by atoms with van der Waals surface area (Å²) in [6.07, 6.45) is 3.47. The molecule has 2 nitrogen and oxygen atoms in total. The molecule has 0 amide bonds. The Labute approximate surface area is 93.7 Å². The minimum Gasteiger partial charge on any atom is -0.393 e. The second-order valence-corrected chi connectivity index (χ2v) is 6.09. The first-order valence-electron chi connectivity index (χ1n) is 6.19. The fourth-order valence-electron chi connectivity index (χ4n) is 3.30. The minimum absolute atomic E-state index is 0.127. The highest BCUT2D eigenvalue weighted by atomic mass is 16.3. The average Bonchev–Trinajstić information content (AvgIpc) is 1.98. The van der Waals surface area contributed by atoms with Crippen LogP contribution in [0.3, 0.4) is 0 Å². The maximum Gasteiger partial charge on any atom is 0.0548 e. The van der Waals surface area contributed by atoms with Gasteiger partial charge in [-0.3, -0.25) is 0 Å². The second kappa shape index (κ2) is 4.84. The summed E-state index contributed by atoms with van der Waals surface area (Å²) in [5, 5.41) is 19.1. The third-order valence-corrected chi connectivity index (χ3v) is 3.99. The van der Waals surface area contributed by atoms with Gasteiger partial charge >= 0.3 is 0 Å². The van der Waals surface area contributed by atoms with Crippen LogP contribution in [-0.4, -0.2) is 22.4 Å². The van der Waals surface area contributed by atoms with Crippen LogP contribution >= 0.6 is 0 Å². The molecular formula is C13H26O2. The monoisotopic (exact) mass is 214 g/mol. The normalized spacial score (nSPS) is 37.6. The van der Waals surface area contributed by atoms with Crippen LogP contribution in [0.5, 0.6) is 0 Å². The lowest BCUT2D eigenvalue weighted by Crippen LogP contribution is -2.40. The lowest BCUT2D eigenvalue weighted by Gasteiger charge is -2.45. The van der Waals surface area contributed by atoms with Crippen molar-refractivity contribution >= 4 is 0 Å². The van der Waals surface area contributed by atoms with Gasteiger partial charge in [-0.25, -0.2) is 0 Å². The van der Waals surface area contributed by atoms with E-state index in [-0.39, 0.29) is 17.6 Å². The molecule has 1 aliphatic carbocycles. The van der Waals surface area contributed by atoms with Crippen LogP contribution in [0.2, 0.25) is 0 Å². The Hall–Kier alpha value is -0.0800. The molecule has 1 rings (SSSR count). The molecule has 2 unspecified atom stereocenters. The molecule has 1 fully saturated rings. The average molecular weight is 214 g/mol. The summed E-state index contributed by atoms with van der Waals surface area (Å²) in [7, 11) is 0. The smallest absolute Gasteiger partial charge is 0.0548 e. The highest BCUT2D eigenvalue weighted by molar-refractivity contribution is 4.90. The molecule has 0 aromatic carbocycles. The number of rotatable bonds is 3. The van der Waals surface area contributed by atoms with Crippen molar-refractivity contribution in [1.82, 2.24) is 0 Å². The summed E-state index contributed by atoms with van der Waals surface area (Å²) in [6.45, 7) is 8.59. The summed E-state index contributed by atoms with van der Waals surface area (Å²) < 4.78 is 0. The molecule has 4 atom stereocenters. The first-order chi connectivity index (χ1) is 6.83. The summed E-state index contributed by atoms with van der Waals surface area (Å²) in [5.41, 5.74) is 0.214. The van der Waals surface area contributed by atoms with E-state index in [2.05, 4.69) is 20.8 Å². The Morgan fingerprint density at radius 3 is 2.47 bits per heavy atom. The van der Waals surface area contributed by atoms with Gasteiger partial charge in [0.05, 0.1) is 12.2 Å². The number of hydrogen-bond donors (Lipinski definition) is 2. The lowest BCUT2D eigenvalue weighted by molar-refractivity contribution is -0.0197. The molecule has 0 bridgehead atoms. The van der Waals surface area contributed by atoms with Crippen molar-refractivity contribution in [1.29, 1.82) is 0 Å². The zero-order chi connectivity index (χ0) is 11.6. The third-order valence-electron chi connectivity index (χ3n) is 3.99. The third kappa shape index (κ3) is 3.46. The molecule has 1 aliphatic rings. The van der Waals surface area contributed by atoms with E-state index in [1.54, 1.807) is 0 Å². The highest BCUT2D eigenvalue weighted by Crippen LogP contribution is 2.46. The van der Waals surface area contributed by atoms with Crippen LogP contribution < -0.4 is 0 Å². The van der Waals surface area contributed by atoms with Crippen LogP contribution in [0.15, 0.2) is 0 Å². The van der Waals surface area contributed by atoms with Gasteiger partial charge in [-0.2, -0.15) is 0 Å². The van der Waals surface area contributed by atoms with Crippen LogP contribution in [0.4, 0.5) is 0 Å². The van der Waals surface area contributed by atoms with E-state index in [1.807, 2.05) is 6.92 Å². The molecule has 0 heterocycles. The Morgan fingerprint density at radius 2 is 2.00 bits per heavy atom. The van der Waals surface area contributed by atoms with Crippen molar-refractivity contribution in [2.24, 2.45) is 17.3 Å². The first kappa shape index (κ1) is 13.0. The number of aliphatic hydroxyl groups is 2. The van der Waals surface area contributed by atoms with Crippen LogP contribution in [-0.2, 0) is 0 Å². The zero-order valence-electron chi connectivity index (χ0n) is 10.5. The fraction of sp³-hybridized carbons (Fsp3) is 1.00. The standard InChI is InChI=1S/C13H26O2/c1-9-7-11(15)8-13(3,4)12(9)6-5-10(2)14/h9-12,14-15H,5-8H2,1-4H3/t9-,10?,11?,12-/m1/s1. The molecule has 0 spiro atoms. The number of aliphatic hydroxyl groups excluding tert-OH is 2. The molecule has 0 aromatic heterocycles. The van der Waals surface area contributed by atoms with Crippen molar-refractivity contribution in [3.8, 4) is 0 Å². The van der Waals surface area contributed by atoms with Crippen LogP contribution in [0.1, 0.15) is 53.4 Å². The van der Waals surface area contributed by atoms with Crippen molar-refractivity contribution in [3.05, 3.63) is 0 Å². The van der Waals surface area contributed by atoms with Gasteiger partial charge in [0.15, 0.2) is 0 Å². The second-order valence-electron chi connectivity index (χ2n) is 6.09. The molecule has 0 aliphatic heterocycles. The first-order valence-corrected chi connectivity index (χ1v) is 6.19. The molecule has 0 radical (unpaired) electrons. The summed E-state index contributed by atoms with van der Waals surface area (Å²) in [6, 6.07) is 0. The molecule has 0 aromatic rings. The summed E-state index contributed by atoms with van der Waals surface area (Å²) in [4.78, 5) is 0.